The van der Waals surface area contributed by atoms with Gasteiger partial charge in [-0.1, -0.05) is 54.6 Å². The Hall–Kier alpha value is -4.65. The molecule has 0 amide bonds. The van der Waals surface area contributed by atoms with Gasteiger partial charge in [-0.2, -0.15) is 0 Å². The van der Waals surface area contributed by atoms with E-state index in [0.717, 1.165) is 23.4 Å². The monoisotopic (exact) mass is 526 g/mol. The number of benzene rings is 4. The van der Waals surface area contributed by atoms with Crippen molar-refractivity contribution in [3.63, 3.8) is 0 Å². The van der Waals surface area contributed by atoms with E-state index in [4.69, 9.17) is 9.47 Å². The van der Waals surface area contributed by atoms with Crippen molar-refractivity contribution in [3.05, 3.63) is 126 Å². The maximum Gasteiger partial charge on any atom is 0.328 e. The van der Waals surface area contributed by atoms with E-state index in [1.165, 1.54) is 19.2 Å². The molecule has 0 aliphatic heterocycles. The predicted molar refractivity (Wildman–Crippen MR) is 151 cm³/mol. The van der Waals surface area contributed by atoms with Crippen LogP contribution in [0.1, 0.15) is 27.9 Å². The Balaban J connectivity index is 1.34. The Morgan fingerprint density at radius 2 is 1.54 bits per heavy atom. The molecule has 0 spiro atoms. The predicted octanol–water partition coefficient (Wildman–Crippen LogP) is 6.13. The summed E-state index contributed by atoms with van der Waals surface area (Å²) in [5, 5.41) is 6.45. The molecular formula is C32H31FN2O4. The summed E-state index contributed by atoms with van der Waals surface area (Å²) >= 11 is 0. The summed E-state index contributed by atoms with van der Waals surface area (Å²) in [5.41, 5.74) is 3.39. The molecule has 4 aromatic carbocycles. The Morgan fingerprint density at radius 3 is 2.26 bits per heavy atom. The SMILES string of the molecule is COC(=O)C(Cc1ccc(OCCCNc2ccc(F)cc2)cc1)Nc1ccccc1C(=O)c1ccccc1. The van der Waals surface area contributed by atoms with Gasteiger partial charge in [0.15, 0.2) is 5.78 Å². The average Bonchev–Trinajstić information content (AvgIpc) is 2.98. The fourth-order valence-electron chi connectivity index (χ4n) is 4.10. The van der Waals surface area contributed by atoms with Crippen LogP contribution in [0.2, 0.25) is 0 Å². The molecule has 0 aliphatic rings. The van der Waals surface area contributed by atoms with Crippen LogP contribution in [0.3, 0.4) is 0 Å². The van der Waals surface area contributed by atoms with Crippen molar-refractivity contribution < 1.29 is 23.5 Å². The minimum absolute atomic E-state index is 0.128. The van der Waals surface area contributed by atoms with Crippen LogP contribution in [0.15, 0.2) is 103 Å². The zero-order valence-electron chi connectivity index (χ0n) is 21.7. The largest absolute Gasteiger partial charge is 0.494 e. The van der Waals surface area contributed by atoms with Crippen molar-refractivity contribution in [3.8, 4) is 5.75 Å². The normalized spacial score (nSPS) is 11.3. The molecule has 0 aromatic heterocycles. The number of nitrogens with one attached hydrogen (secondary N) is 2. The van der Waals surface area contributed by atoms with Gasteiger partial charge in [0, 0.05) is 35.5 Å². The van der Waals surface area contributed by atoms with E-state index in [-0.39, 0.29) is 11.6 Å². The molecule has 2 N–H and O–H groups in total. The Bertz CT molecular complexity index is 1360. The van der Waals surface area contributed by atoms with E-state index in [1.807, 2.05) is 48.5 Å². The fourth-order valence-corrected chi connectivity index (χ4v) is 4.10. The second kappa shape index (κ2) is 13.8. The molecule has 7 heteroatoms. The van der Waals surface area contributed by atoms with Crippen molar-refractivity contribution >= 4 is 23.1 Å². The standard InChI is InChI=1S/C32H31FN2O4/c1-38-32(37)30(35-29-11-6-5-10-28(29)31(36)24-8-3-2-4-9-24)22-23-12-18-27(19-13-23)39-21-7-20-34-26-16-14-25(33)15-17-26/h2-6,8-19,30,34-35H,7,20-22H2,1H3. The summed E-state index contributed by atoms with van der Waals surface area (Å²) in [4.78, 5) is 25.7. The highest BCUT2D eigenvalue weighted by Crippen LogP contribution is 2.22. The molecule has 0 radical (unpaired) electrons. The lowest BCUT2D eigenvalue weighted by Gasteiger charge is -2.20. The summed E-state index contributed by atoms with van der Waals surface area (Å²) in [6.45, 7) is 1.22. The number of anilines is 2. The molecule has 0 saturated heterocycles. The molecule has 6 nitrogen and oxygen atoms in total. The van der Waals surface area contributed by atoms with Gasteiger partial charge in [-0.05, 0) is 60.5 Å². The van der Waals surface area contributed by atoms with Gasteiger partial charge in [-0.3, -0.25) is 4.79 Å². The third-order valence-corrected chi connectivity index (χ3v) is 6.15. The summed E-state index contributed by atoms with van der Waals surface area (Å²) in [6.07, 6.45) is 1.14. The van der Waals surface area contributed by atoms with Gasteiger partial charge >= 0.3 is 5.97 Å². The fraction of sp³-hybridized carbons (Fsp3) is 0.188. The molecule has 0 bridgehead atoms. The van der Waals surface area contributed by atoms with Gasteiger partial charge in [0.1, 0.15) is 17.6 Å². The summed E-state index contributed by atoms with van der Waals surface area (Å²) < 4.78 is 23.9. The van der Waals surface area contributed by atoms with Gasteiger partial charge < -0.3 is 20.1 Å². The number of rotatable bonds is 13. The molecule has 0 fully saturated rings. The lowest BCUT2D eigenvalue weighted by molar-refractivity contribution is -0.141. The number of carbonyl (C=O) groups excluding carboxylic acids is 2. The van der Waals surface area contributed by atoms with Crippen LogP contribution in [0.5, 0.6) is 5.75 Å². The molecule has 0 saturated carbocycles. The van der Waals surface area contributed by atoms with Gasteiger partial charge in [0.25, 0.3) is 0 Å². The highest BCUT2D eigenvalue weighted by atomic mass is 19.1. The maximum absolute atomic E-state index is 13.1. The number of methoxy groups -OCH3 is 1. The van der Waals surface area contributed by atoms with Crippen LogP contribution in [0.25, 0.3) is 0 Å². The topological polar surface area (TPSA) is 76.7 Å². The summed E-state index contributed by atoms with van der Waals surface area (Å²) in [6, 6.07) is 29.3. The first kappa shape index (κ1) is 27.4. The van der Waals surface area contributed by atoms with Crippen LogP contribution >= 0.6 is 0 Å². The molecular weight excluding hydrogens is 495 g/mol. The number of hydrogen-bond donors (Lipinski definition) is 2. The van der Waals surface area contributed by atoms with Gasteiger partial charge in [0.2, 0.25) is 0 Å². The van der Waals surface area contributed by atoms with Gasteiger partial charge in [0.05, 0.1) is 13.7 Å². The number of halogens is 1. The first-order valence-corrected chi connectivity index (χ1v) is 12.8. The first-order valence-electron chi connectivity index (χ1n) is 12.8. The molecule has 0 aliphatic carbocycles. The lowest BCUT2D eigenvalue weighted by Crippen LogP contribution is -2.33. The van der Waals surface area contributed by atoms with Crippen molar-refractivity contribution in [1.82, 2.24) is 0 Å². The Kier molecular flexibility index (Phi) is 9.67. The number of carbonyl (C=O) groups is 2. The second-order valence-corrected chi connectivity index (χ2v) is 8.94. The van der Waals surface area contributed by atoms with Crippen LogP contribution in [-0.2, 0) is 16.0 Å². The summed E-state index contributed by atoms with van der Waals surface area (Å²) in [7, 11) is 1.35. The Morgan fingerprint density at radius 1 is 0.846 bits per heavy atom. The number of hydrogen-bond acceptors (Lipinski definition) is 6. The van der Waals surface area contributed by atoms with Crippen molar-refractivity contribution in [2.24, 2.45) is 0 Å². The van der Waals surface area contributed by atoms with Gasteiger partial charge in [-0.15, -0.1) is 0 Å². The maximum atomic E-state index is 13.1. The van der Waals surface area contributed by atoms with Crippen molar-refractivity contribution in [2.75, 3.05) is 30.9 Å². The molecule has 39 heavy (non-hydrogen) atoms. The number of ether oxygens (including phenoxy) is 2. The van der Waals surface area contributed by atoms with Gasteiger partial charge in [-0.25, -0.2) is 9.18 Å². The van der Waals surface area contributed by atoms with E-state index in [0.29, 0.717) is 36.4 Å². The lowest BCUT2D eigenvalue weighted by atomic mass is 10.00. The van der Waals surface area contributed by atoms with E-state index in [2.05, 4.69) is 10.6 Å². The first-order chi connectivity index (χ1) is 19.0. The van der Waals surface area contributed by atoms with E-state index < -0.39 is 12.0 Å². The third kappa shape index (κ3) is 7.92. The minimum atomic E-state index is -0.691. The molecule has 1 unspecified atom stereocenters. The van der Waals surface area contributed by atoms with Crippen LogP contribution in [0.4, 0.5) is 15.8 Å². The average molecular weight is 527 g/mol. The van der Waals surface area contributed by atoms with Crippen LogP contribution in [-0.4, -0.2) is 38.1 Å². The zero-order chi connectivity index (χ0) is 27.5. The van der Waals surface area contributed by atoms with Crippen molar-refractivity contribution in [1.29, 1.82) is 0 Å². The summed E-state index contributed by atoms with van der Waals surface area (Å²) in [5.74, 6) is -0.0893. The van der Waals surface area contributed by atoms with E-state index in [9.17, 15) is 14.0 Å². The van der Waals surface area contributed by atoms with Crippen LogP contribution < -0.4 is 15.4 Å². The number of para-hydroxylation sites is 1. The second-order valence-electron chi connectivity index (χ2n) is 8.94. The molecule has 1 atom stereocenters. The number of esters is 1. The molecule has 4 aromatic rings. The van der Waals surface area contributed by atoms with Crippen molar-refractivity contribution in [2.45, 2.75) is 18.9 Å². The number of ketones is 1. The molecule has 4 rings (SSSR count). The quantitative estimate of drug-likeness (QED) is 0.124. The highest BCUT2D eigenvalue weighted by molar-refractivity contribution is 6.12. The highest BCUT2D eigenvalue weighted by Gasteiger charge is 2.22. The molecule has 200 valence electrons. The Labute approximate surface area is 227 Å². The zero-order valence-corrected chi connectivity index (χ0v) is 21.7. The third-order valence-electron chi connectivity index (χ3n) is 6.15. The smallest absolute Gasteiger partial charge is 0.328 e. The van der Waals surface area contributed by atoms with E-state index >= 15 is 0 Å². The van der Waals surface area contributed by atoms with Crippen LogP contribution in [0, 0.1) is 5.82 Å². The van der Waals surface area contributed by atoms with E-state index in [1.54, 1.807) is 42.5 Å². The minimum Gasteiger partial charge on any atom is -0.494 e. The molecule has 0 heterocycles.